The van der Waals surface area contributed by atoms with Crippen LogP contribution in [0.25, 0.3) is 0 Å². The fourth-order valence-corrected chi connectivity index (χ4v) is 4.42. The van der Waals surface area contributed by atoms with Crippen LogP contribution in [0.5, 0.6) is 0 Å². The first-order valence-corrected chi connectivity index (χ1v) is 10.8. The van der Waals surface area contributed by atoms with Crippen LogP contribution in [-0.2, 0) is 5.75 Å². The zero-order chi connectivity index (χ0) is 20.2. The highest BCUT2D eigenvalue weighted by atomic mass is 32.2. The molecule has 0 radical (unpaired) electrons. The average Bonchev–Trinajstić information content (AvgIpc) is 3.18. The van der Waals surface area contributed by atoms with Gasteiger partial charge in [0, 0.05) is 42.8 Å². The topological polar surface area (TPSA) is 49.6 Å². The van der Waals surface area contributed by atoms with Crippen molar-refractivity contribution < 1.29 is 9.32 Å². The summed E-state index contributed by atoms with van der Waals surface area (Å²) >= 11 is 1.61. The number of nitrogens with zero attached hydrogens (tertiary/aromatic N) is 3. The van der Waals surface area contributed by atoms with E-state index >= 15 is 0 Å². The normalized spacial score (nSPS) is 14.3. The van der Waals surface area contributed by atoms with Crippen LogP contribution < -0.4 is 4.90 Å². The van der Waals surface area contributed by atoms with Crippen LogP contribution >= 0.6 is 11.8 Å². The van der Waals surface area contributed by atoms with Gasteiger partial charge in [0.25, 0.3) is 5.91 Å². The third-order valence-corrected chi connectivity index (χ3v) is 6.23. The van der Waals surface area contributed by atoms with Crippen LogP contribution in [0.1, 0.15) is 27.4 Å². The van der Waals surface area contributed by atoms with Gasteiger partial charge in [-0.3, -0.25) is 4.79 Å². The molecule has 29 heavy (non-hydrogen) atoms. The molecule has 1 saturated heterocycles. The predicted octanol–water partition coefficient (Wildman–Crippen LogP) is 4.55. The van der Waals surface area contributed by atoms with Crippen LogP contribution in [0.3, 0.4) is 0 Å². The quantitative estimate of drug-likeness (QED) is 0.581. The lowest BCUT2D eigenvalue weighted by Gasteiger charge is -2.36. The van der Waals surface area contributed by atoms with Crippen molar-refractivity contribution in [2.45, 2.75) is 24.5 Å². The minimum Gasteiger partial charge on any atom is -0.368 e. The maximum atomic E-state index is 13.2. The van der Waals surface area contributed by atoms with E-state index in [-0.39, 0.29) is 5.91 Å². The molecule has 1 aromatic heterocycles. The van der Waals surface area contributed by atoms with E-state index in [1.807, 2.05) is 42.2 Å². The van der Waals surface area contributed by atoms with E-state index in [4.69, 9.17) is 4.52 Å². The lowest BCUT2D eigenvalue weighted by molar-refractivity contribution is 0.0743. The Morgan fingerprint density at radius 2 is 1.76 bits per heavy atom. The third kappa shape index (κ3) is 4.65. The third-order valence-electron chi connectivity index (χ3n) is 5.13. The minimum absolute atomic E-state index is 0.102. The van der Waals surface area contributed by atoms with Crippen LogP contribution in [0, 0.1) is 13.8 Å². The molecule has 1 fully saturated rings. The fourth-order valence-electron chi connectivity index (χ4n) is 3.50. The largest absolute Gasteiger partial charge is 0.368 e. The molecule has 1 amide bonds. The standard InChI is InChI=1S/C23H25N3O2S/c1-17-7-9-19(10-8-17)25-11-13-26(14-12-25)23(27)21-5-3-4-6-22(21)29-16-20-15-18(2)24-28-20/h3-10,15H,11-14,16H2,1-2H3. The fraction of sp³-hybridized carbons (Fsp3) is 0.304. The van der Waals surface area contributed by atoms with Gasteiger partial charge in [-0.2, -0.15) is 0 Å². The molecule has 0 spiro atoms. The van der Waals surface area contributed by atoms with E-state index in [0.29, 0.717) is 5.75 Å². The summed E-state index contributed by atoms with van der Waals surface area (Å²) in [6.45, 7) is 7.16. The van der Waals surface area contributed by atoms with Crippen LogP contribution in [-0.4, -0.2) is 42.1 Å². The maximum absolute atomic E-state index is 13.2. The summed E-state index contributed by atoms with van der Waals surface area (Å²) in [4.78, 5) is 18.5. The SMILES string of the molecule is Cc1ccc(N2CCN(C(=O)c3ccccc3SCc3cc(C)no3)CC2)cc1. The van der Waals surface area contributed by atoms with Gasteiger partial charge in [-0.25, -0.2) is 0 Å². The summed E-state index contributed by atoms with van der Waals surface area (Å²) in [5, 5.41) is 3.93. The molecule has 3 aromatic rings. The van der Waals surface area contributed by atoms with E-state index in [0.717, 1.165) is 48.1 Å². The average molecular weight is 408 g/mol. The van der Waals surface area contributed by atoms with Crippen molar-refractivity contribution in [2.75, 3.05) is 31.1 Å². The monoisotopic (exact) mass is 407 g/mol. The Kier molecular flexibility index (Phi) is 5.90. The van der Waals surface area contributed by atoms with Crippen molar-refractivity contribution in [3.8, 4) is 0 Å². The maximum Gasteiger partial charge on any atom is 0.255 e. The number of aromatic nitrogens is 1. The Morgan fingerprint density at radius 1 is 1.03 bits per heavy atom. The van der Waals surface area contributed by atoms with Crippen molar-refractivity contribution in [3.63, 3.8) is 0 Å². The second-order valence-electron chi connectivity index (χ2n) is 7.33. The number of carbonyl (C=O) groups excluding carboxylic acids is 1. The summed E-state index contributed by atoms with van der Waals surface area (Å²) in [5.74, 6) is 1.58. The number of anilines is 1. The first-order valence-electron chi connectivity index (χ1n) is 9.85. The van der Waals surface area contributed by atoms with E-state index in [2.05, 4.69) is 41.2 Å². The van der Waals surface area contributed by atoms with Crippen molar-refractivity contribution in [2.24, 2.45) is 0 Å². The Hall–Kier alpha value is -2.73. The summed E-state index contributed by atoms with van der Waals surface area (Å²) in [7, 11) is 0. The molecule has 0 unspecified atom stereocenters. The highest BCUT2D eigenvalue weighted by Crippen LogP contribution is 2.28. The smallest absolute Gasteiger partial charge is 0.255 e. The molecule has 6 heteroatoms. The molecule has 2 heterocycles. The molecule has 150 valence electrons. The van der Waals surface area contributed by atoms with E-state index in [9.17, 15) is 4.79 Å². The van der Waals surface area contributed by atoms with E-state index in [1.165, 1.54) is 11.3 Å². The Bertz CT molecular complexity index is 976. The number of thioether (sulfide) groups is 1. The number of rotatable bonds is 5. The second-order valence-corrected chi connectivity index (χ2v) is 8.35. The molecule has 0 saturated carbocycles. The number of aryl methyl sites for hydroxylation is 2. The molecule has 4 rings (SSSR count). The van der Waals surface area contributed by atoms with Crippen molar-refractivity contribution in [1.29, 1.82) is 0 Å². The lowest BCUT2D eigenvalue weighted by Crippen LogP contribution is -2.48. The predicted molar refractivity (Wildman–Crippen MR) is 117 cm³/mol. The molecule has 0 N–H and O–H groups in total. The van der Waals surface area contributed by atoms with Gasteiger partial charge in [-0.15, -0.1) is 11.8 Å². The van der Waals surface area contributed by atoms with Crippen molar-refractivity contribution in [3.05, 3.63) is 77.2 Å². The summed E-state index contributed by atoms with van der Waals surface area (Å²) in [6.07, 6.45) is 0. The number of carbonyl (C=O) groups is 1. The van der Waals surface area contributed by atoms with Crippen LogP contribution in [0.4, 0.5) is 5.69 Å². The van der Waals surface area contributed by atoms with Gasteiger partial charge in [-0.1, -0.05) is 35.0 Å². The lowest BCUT2D eigenvalue weighted by atomic mass is 10.1. The Balaban J connectivity index is 1.40. The molecule has 2 aromatic carbocycles. The zero-order valence-electron chi connectivity index (χ0n) is 16.8. The van der Waals surface area contributed by atoms with Gasteiger partial charge in [0.2, 0.25) is 0 Å². The number of hydrogen-bond acceptors (Lipinski definition) is 5. The molecule has 1 aliphatic rings. The Labute approximate surface area is 175 Å². The Morgan fingerprint density at radius 3 is 2.45 bits per heavy atom. The summed E-state index contributed by atoms with van der Waals surface area (Å²) in [5.41, 5.74) is 4.12. The summed E-state index contributed by atoms with van der Waals surface area (Å²) < 4.78 is 5.29. The van der Waals surface area contributed by atoms with Crippen LogP contribution in [0.2, 0.25) is 0 Å². The zero-order valence-corrected chi connectivity index (χ0v) is 17.6. The number of benzene rings is 2. The number of hydrogen-bond donors (Lipinski definition) is 0. The van der Waals surface area contributed by atoms with Gasteiger partial charge in [0.15, 0.2) is 0 Å². The molecular formula is C23H25N3O2S. The molecule has 0 aliphatic carbocycles. The minimum atomic E-state index is 0.102. The van der Waals surface area contributed by atoms with Gasteiger partial charge < -0.3 is 14.3 Å². The number of amides is 1. The van der Waals surface area contributed by atoms with E-state index < -0.39 is 0 Å². The molecule has 5 nitrogen and oxygen atoms in total. The van der Waals surface area contributed by atoms with Gasteiger partial charge >= 0.3 is 0 Å². The van der Waals surface area contributed by atoms with Gasteiger partial charge in [-0.05, 0) is 38.1 Å². The highest BCUT2D eigenvalue weighted by Gasteiger charge is 2.24. The second kappa shape index (κ2) is 8.74. The van der Waals surface area contributed by atoms with Gasteiger partial charge in [0.1, 0.15) is 5.76 Å². The van der Waals surface area contributed by atoms with E-state index in [1.54, 1.807) is 11.8 Å². The number of piperazine rings is 1. The molecule has 1 aliphatic heterocycles. The van der Waals surface area contributed by atoms with Gasteiger partial charge in [0.05, 0.1) is 17.0 Å². The van der Waals surface area contributed by atoms with Crippen molar-refractivity contribution in [1.82, 2.24) is 10.1 Å². The first kappa shape index (κ1) is 19.6. The molecular weight excluding hydrogens is 382 g/mol. The molecule has 0 bridgehead atoms. The summed E-state index contributed by atoms with van der Waals surface area (Å²) in [6, 6.07) is 18.3. The van der Waals surface area contributed by atoms with Crippen LogP contribution in [0.15, 0.2) is 64.0 Å². The van der Waals surface area contributed by atoms with Crippen molar-refractivity contribution >= 4 is 23.4 Å². The molecule has 0 atom stereocenters. The highest BCUT2D eigenvalue weighted by molar-refractivity contribution is 7.98. The first-order chi connectivity index (χ1) is 14.1.